The van der Waals surface area contributed by atoms with Gasteiger partial charge in [-0.1, -0.05) is 6.07 Å². The standard InChI is InChI=1S/C30H35F5N6O2/c1-16(2)41-23(7-10-36-41)27(43)39-22(15-28(8-9-28)30(33,34)35)26-37-20-6-5-19(12-21(20)38-26)25(18-3-4-18)40-24(42)11-17-13-29(31,32)14-17/h5-7,10,12,16-18,22,25H,3-4,8-9,11,13-15H2,1-2H3,(H,37,38)(H,39,43)(H,40,42). The lowest BCUT2D eigenvalue weighted by Crippen LogP contribution is -2.39. The normalized spacial score (nSPS) is 20.9. The van der Waals surface area contributed by atoms with E-state index in [0.717, 1.165) is 18.4 Å². The molecule has 2 heterocycles. The zero-order valence-corrected chi connectivity index (χ0v) is 24.0. The minimum absolute atomic E-state index is 0.0154. The summed E-state index contributed by atoms with van der Waals surface area (Å²) in [6, 6.07) is 5.42. The molecule has 8 nitrogen and oxygen atoms in total. The van der Waals surface area contributed by atoms with E-state index in [0.29, 0.717) is 11.0 Å². The number of benzene rings is 1. The zero-order chi connectivity index (χ0) is 30.7. The lowest BCUT2D eigenvalue weighted by Gasteiger charge is -2.34. The molecule has 3 aliphatic rings. The first-order valence-corrected chi connectivity index (χ1v) is 14.8. The first-order chi connectivity index (χ1) is 20.2. The fourth-order valence-corrected chi connectivity index (χ4v) is 6.23. The fraction of sp³-hybridized carbons (Fsp3) is 0.600. The second-order valence-electron chi connectivity index (χ2n) is 12.9. The molecule has 2 aromatic heterocycles. The summed E-state index contributed by atoms with van der Waals surface area (Å²) in [5, 5.41) is 9.97. The number of H-pyrrole nitrogens is 1. The summed E-state index contributed by atoms with van der Waals surface area (Å²) in [6.07, 6.45) is -2.00. The maximum atomic E-state index is 14.0. The molecular formula is C30H35F5N6O2. The summed E-state index contributed by atoms with van der Waals surface area (Å²) >= 11 is 0. The summed E-state index contributed by atoms with van der Waals surface area (Å²) in [7, 11) is 0. The second-order valence-corrected chi connectivity index (χ2v) is 12.9. The Morgan fingerprint density at radius 3 is 2.44 bits per heavy atom. The summed E-state index contributed by atoms with van der Waals surface area (Å²) in [6.45, 7) is 3.70. The van der Waals surface area contributed by atoms with Crippen molar-refractivity contribution >= 4 is 22.8 Å². The lowest BCUT2D eigenvalue weighted by molar-refractivity contribution is -0.190. The number of hydrogen-bond acceptors (Lipinski definition) is 4. The Bertz CT molecular complexity index is 1510. The Morgan fingerprint density at radius 2 is 1.84 bits per heavy atom. The van der Waals surface area contributed by atoms with Crippen molar-refractivity contribution in [2.75, 3.05) is 0 Å². The molecule has 1 aromatic carbocycles. The molecule has 3 fully saturated rings. The number of nitrogens with zero attached hydrogens (tertiary/aromatic N) is 3. The predicted molar refractivity (Wildman–Crippen MR) is 147 cm³/mol. The number of amides is 2. The summed E-state index contributed by atoms with van der Waals surface area (Å²) < 4.78 is 70.0. The van der Waals surface area contributed by atoms with Crippen LogP contribution in [0.15, 0.2) is 30.5 Å². The molecule has 3 saturated carbocycles. The molecular weight excluding hydrogens is 571 g/mol. The van der Waals surface area contributed by atoms with Crippen LogP contribution in [-0.4, -0.2) is 43.7 Å². The average Bonchev–Trinajstić information content (AvgIpc) is 3.80. The van der Waals surface area contributed by atoms with Crippen molar-refractivity contribution < 1.29 is 31.5 Å². The van der Waals surface area contributed by atoms with Gasteiger partial charge in [-0.25, -0.2) is 13.8 Å². The van der Waals surface area contributed by atoms with Gasteiger partial charge in [0.15, 0.2) is 0 Å². The van der Waals surface area contributed by atoms with E-state index in [9.17, 15) is 31.5 Å². The van der Waals surface area contributed by atoms with Crippen molar-refractivity contribution in [1.29, 1.82) is 0 Å². The first kappa shape index (κ1) is 29.6. The smallest absolute Gasteiger partial charge is 0.349 e. The molecule has 3 N–H and O–H groups in total. The molecule has 2 amide bonds. The molecule has 0 spiro atoms. The topological polar surface area (TPSA) is 105 Å². The van der Waals surface area contributed by atoms with Crippen molar-refractivity contribution in [1.82, 2.24) is 30.4 Å². The number of rotatable bonds is 11. The highest BCUT2D eigenvalue weighted by Crippen LogP contribution is 2.61. The van der Waals surface area contributed by atoms with E-state index in [1.54, 1.807) is 6.07 Å². The van der Waals surface area contributed by atoms with Crippen LogP contribution in [0.25, 0.3) is 11.0 Å². The molecule has 3 aliphatic carbocycles. The highest BCUT2D eigenvalue weighted by molar-refractivity contribution is 5.92. The number of aromatic nitrogens is 4. The molecule has 0 aliphatic heterocycles. The number of imidazole rings is 1. The van der Waals surface area contributed by atoms with E-state index in [4.69, 9.17) is 0 Å². The monoisotopic (exact) mass is 606 g/mol. The number of hydrogen-bond donors (Lipinski definition) is 3. The van der Waals surface area contributed by atoms with Crippen LogP contribution >= 0.6 is 0 Å². The molecule has 43 heavy (non-hydrogen) atoms. The predicted octanol–water partition coefficient (Wildman–Crippen LogP) is 6.55. The third kappa shape index (κ3) is 6.12. The molecule has 6 rings (SSSR count). The highest BCUT2D eigenvalue weighted by Gasteiger charge is 2.63. The van der Waals surface area contributed by atoms with E-state index in [-0.39, 0.29) is 79.9 Å². The number of nitrogens with one attached hydrogen (secondary N) is 3. The van der Waals surface area contributed by atoms with Gasteiger partial charge in [0.05, 0.1) is 28.5 Å². The van der Waals surface area contributed by atoms with Crippen molar-refractivity contribution in [2.45, 2.75) is 95.4 Å². The molecule has 13 heteroatoms. The third-order valence-corrected chi connectivity index (χ3v) is 9.02. The minimum Gasteiger partial charge on any atom is -0.349 e. The van der Waals surface area contributed by atoms with Crippen LogP contribution in [-0.2, 0) is 4.79 Å². The van der Waals surface area contributed by atoms with E-state index in [1.807, 2.05) is 26.0 Å². The van der Waals surface area contributed by atoms with Crippen LogP contribution in [0, 0.1) is 17.3 Å². The Hall–Kier alpha value is -3.51. The maximum absolute atomic E-state index is 14.0. The maximum Gasteiger partial charge on any atom is 0.394 e. The van der Waals surface area contributed by atoms with Gasteiger partial charge in [-0.3, -0.25) is 14.3 Å². The van der Waals surface area contributed by atoms with Gasteiger partial charge in [0.25, 0.3) is 5.91 Å². The van der Waals surface area contributed by atoms with Gasteiger partial charge in [-0.2, -0.15) is 18.3 Å². The Balaban J connectivity index is 1.24. The third-order valence-electron chi connectivity index (χ3n) is 9.02. The summed E-state index contributed by atoms with van der Waals surface area (Å²) in [5.41, 5.74) is 0.227. The minimum atomic E-state index is -4.42. The van der Waals surface area contributed by atoms with Crippen molar-refractivity contribution in [3.63, 3.8) is 0 Å². The largest absolute Gasteiger partial charge is 0.394 e. The number of carbonyl (C=O) groups excluding carboxylic acids is 2. The average molecular weight is 607 g/mol. The van der Waals surface area contributed by atoms with Gasteiger partial charge in [0, 0.05) is 31.5 Å². The van der Waals surface area contributed by atoms with Crippen LogP contribution in [0.4, 0.5) is 22.0 Å². The van der Waals surface area contributed by atoms with Gasteiger partial charge in [0.1, 0.15) is 11.5 Å². The Labute approximate surface area is 245 Å². The lowest BCUT2D eigenvalue weighted by atomic mass is 9.79. The van der Waals surface area contributed by atoms with Crippen molar-refractivity contribution in [3.05, 3.63) is 47.5 Å². The molecule has 3 aromatic rings. The molecule has 2 atom stereocenters. The molecule has 0 bridgehead atoms. The van der Waals surface area contributed by atoms with E-state index in [2.05, 4.69) is 25.7 Å². The van der Waals surface area contributed by atoms with Crippen molar-refractivity contribution in [2.24, 2.45) is 17.3 Å². The summed E-state index contributed by atoms with van der Waals surface area (Å²) in [4.78, 5) is 33.7. The van der Waals surface area contributed by atoms with Crippen LogP contribution in [0.2, 0.25) is 0 Å². The highest BCUT2D eigenvalue weighted by atomic mass is 19.4. The van der Waals surface area contributed by atoms with Crippen LogP contribution in [0.5, 0.6) is 0 Å². The van der Waals surface area contributed by atoms with Gasteiger partial charge in [-0.15, -0.1) is 0 Å². The van der Waals surface area contributed by atoms with Gasteiger partial charge >= 0.3 is 6.18 Å². The molecule has 2 unspecified atom stereocenters. The SMILES string of the molecule is CC(C)n1nccc1C(=O)NC(CC1(C(F)(F)F)CC1)c1nc2ccc(C(NC(=O)CC3CC(F)(F)C3)C3CC3)cc2[nH]1. The number of halogens is 5. The van der Waals surface area contributed by atoms with Crippen molar-refractivity contribution in [3.8, 4) is 0 Å². The molecule has 232 valence electrons. The number of fused-ring (bicyclic) bond motifs is 1. The van der Waals surface area contributed by atoms with Crippen LogP contribution < -0.4 is 10.6 Å². The van der Waals surface area contributed by atoms with E-state index >= 15 is 0 Å². The van der Waals surface area contributed by atoms with E-state index < -0.39 is 29.5 Å². The number of alkyl halides is 5. The molecule has 0 saturated heterocycles. The first-order valence-electron chi connectivity index (χ1n) is 14.8. The van der Waals surface area contributed by atoms with Gasteiger partial charge < -0.3 is 15.6 Å². The van der Waals surface area contributed by atoms with E-state index in [1.165, 1.54) is 16.9 Å². The number of aromatic amines is 1. The summed E-state index contributed by atoms with van der Waals surface area (Å²) in [5.74, 6) is -3.40. The quantitative estimate of drug-likeness (QED) is 0.216. The second kappa shape index (κ2) is 10.6. The number of carbonyl (C=O) groups is 2. The van der Waals surface area contributed by atoms with Gasteiger partial charge in [0.2, 0.25) is 11.8 Å². The molecule has 0 radical (unpaired) electrons. The Kier molecular flexibility index (Phi) is 7.28. The Morgan fingerprint density at radius 1 is 1.12 bits per heavy atom. The zero-order valence-electron chi connectivity index (χ0n) is 24.0. The van der Waals surface area contributed by atoms with Crippen LogP contribution in [0.1, 0.15) is 105 Å². The fourth-order valence-electron chi connectivity index (χ4n) is 6.23. The van der Waals surface area contributed by atoms with Gasteiger partial charge in [-0.05, 0) is 81.5 Å². The van der Waals surface area contributed by atoms with Crippen LogP contribution in [0.3, 0.4) is 0 Å².